The topological polar surface area (TPSA) is 103 Å². The van der Waals surface area contributed by atoms with Crippen LogP contribution in [0.1, 0.15) is 73.1 Å². The number of thiazole rings is 2. The highest BCUT2D eigenvalue weighted by atomic mass is 32.1. The SMILES string of the molecule is Cc1cnc(C2(O)C[C@@H]3OC(C)(C)O[C@@H]3C2)s1.Cc1cnc(C2(O)C[C@@H]3OC(C)(C)O[C@@H]3C2)s1. The van der Waals surface area contributed by atoms with Crippen LogP contribution in [-0.2, 0) is 30.1 Å². The van der Waals surface area contributed by atoms with Gasteiger partial charge in [0.25, 0.3) is 0 Å². The van der Waals surface area contributed by atoms with Crippen LogP contribution in [0, 0.1) is 13.8 Å². The molecule has 6 atom stereocenters. The zero-order valence-electron chi connectivity index (χ0n) is 20.5. The van der Waals surface area contributed by atoms with Crippen LogP contribution >= 0.6 is 22.7 Å². The zero-order chi connectivity index (χ0) is 24.5. The van der Waals surface area contributed by atoms with Gasteiger partial charge in [-0.15, -0.1) is 22.7 Å². The van der Waals surface area contributed by atoms with E-state index in [-0.39, 0.29) is 24.4 Å². The molecule has 2 unspecified atom stereocenters. The molecule has 4 aliphatic rings. The van der Waals surface area contributed by atoms with Gasteiger partial charge in [-0.1, -0.05) is 0 Å². The van der Waals surface area contributed by atoms with Crippen LogP contribution in [0.5, 0.6) is 0 Å². The molecule has 0 amide bonds. The van der Waals surface area contributed by atoms with Gasteiger partial charge in [0.15, 0.2) is 11.6 Å². The van der Waals surface area contributed by atoms with Crippen molar-refractivity contribution in [2.45, 2.75) is 114 Å². The predicted octanol–water partition coefficient (Wildman–Crippen LogP) is 3.91. The van der Waals surface area contributed by atoms with Gasteiger partial charge in [-0.2, -0.15) is 0 Å². The molecule has 0 spiro atoms. The highest BCUT2D eigenvalue weighted by molar-refractivity contribution is 7.11. The molecule has 8 nitrogen and oxygen atoms in total. The van der Waals surface area contributed by atoms with Crippen molar-refractivity contribution in [2.24, 2.45) is 0 Å². The molecule has 34 heavy (non-hydrogen) atoms. The summed E-state index contributed by atoms with van der Waals surface area (Å²) in [4.78, 5) is 10.8. The summed E-state index contributed by atoms with van der Waals surface area (Å²) in [5.41, 5.74) is -1.74. The van der Waals surface area contributed by atoms with Gasteiger partial charge in [0, 0.05) is 47.8 Å². The van der Waals surface area contributed by atoms with Crippen molar-refractivity contribution < 1.29 is 29.2 Å². The average Bonchev–Trinajstić information content (AvgIpc) is 3.49. The van der Waals surface area contributed by atoms with Gasteiger partial charge in [0.1, 0.15) is 21.2 Å². The van der Waals surface area contributed by atoms with Gasteiger partial charge in [-0.05, 0) is 41.5 Å². The molecule has 2 aliphatic carbocycles. The fourth-order valence-corrected chi connectivity index (χ4v) is 7.24. The molecule has 2 saturated carbocycles. The van der Waals surface area contributed by atoms with Crippen LogP contribution in [0.2, 0.25) is 0 Å². The summed E-state index contributed by atoms with van der Waals surface area (Å²) in [5, 5.41) is 22.9. The normalized spacial score (nSPS) is 39.5. The van der Waals surface area contributed by atoms with Gasteiger partial charge in [-0.25, -0.2) is 9.97 Å². The quantitative estimate of drug-likeness (QED) is 0.627. The summed E-state index contributed by atoms with van der Waals surface area (Å²) in [7, 11) is 0. The minimum absolute atomic E-state index is 0.0146. The minimum atomic E-state index is -0.870. The van der Waals surface area contributed by atoms with Crippen LogP contribution in [0.3, 0.4) is 0 Å². The van der Waals surface area contributed by atoms with Crippen molar-refractivity contribution in [1.29, 1.82) is 0 Å². The number of hydrogen-bond donors (Lipinski definition) is 2. The predicted molar refractivity (Wildman–Crippen MR) is 128 cm³/mol. The number of aromatic nitrogens is 2. The summed E-state index contributed by atoms with van der Waals surface area (Å²) in [5.74, 6) is -1.04. The van der Waals surface area contributed by atoms with Gasteiger partial charge in [0.05, 0.1) is 24.4 Å². The molecule has 4 heterocycles. The van der Waals surface area contributed by atoms with Gasteiger partial charge >= 0.3 is 0 Å². The second-order valence-electron chi connectivity index (χ2n) is 10.9. The Morgan fingerprint density at radius 2 is 0.971 bits per heavy atom. The van der Waals surface area contributed by atoms with Crippen LogP contribution in [0.15, 0.2) is 12.4 Å². The first-order valence-electron chi connectivity index (χ1n) is 11.8. The van der Waals surface area contributed by atoms with E-state index in [2.05, 4.69) is 9.97 Å². The summed E-state index contributed by atoms with van der Waals surface area (Å²) < 4.78 is 23.2. The standard InChI is InChI=1S/2C12H17NO3S/c2*1-7-6-13-10(17-7)12(14)4-8-9(5-12)16-11(2,3)15-8/h2*6,8-9,14H,4-5H2,1-3H3/t2*8-,9+,12?. The number of ether oxygens (including phenoxy) is 4. The van der Waals surface area contributed by atoms with Crippen LogP contribution in [0.25, 0.3) is 0 Å². The fourth-order valence-electron chi connectivity index (χ4n) is 5.50. The Bertz CT molecular complexity index is 936. The highest BCUT2D eigenvalue weighted by Crippen LogP contribution is 2.49. The third-order valence-electron chi connectivity index (χ3n) is 6.76. The Balaban J connectivity index is 0.000000142. The Hall–Kier alpha value is -0.980. The van der Waals surface area contributed by atoms with Crippen molar-refractivity contribution in [3.63, 3.8) is 0 Å². The van der Waals surface area contributed by atoms with Crippen LogP contribution in [-0.4, -0.2) is 56.2 Å². The molecule has 10 heteroatoms. The van der Waals surface area contributed by atoms with Crippen molar-refractivity contribution in [2.75, 3.05) is 0 Å². The molecule has 188 valence electrons. The van der Waals surface area contributed by atoms with E-state index in [4.69, 9.17) is 18.9 Å². The smallest absolute Gasteiger partial charge is 0.163 e. The molecule has 2 N–H and O–H groups in total. The maximum absolute atomic E-state index is 10.6. The fraction of sp³-hybridized carbons (Fsp3) is 0.750. The highest BCUT2D eigenvalue weighted by Gasteiger charge is 2.56. The Morgan fingerprint density at radius 1 is 0.676 bits per heavy atom. The average molecular weight is 511 g/mol. The monoisotopic (exact) mass is 510 g/mol. The summed E-state index contributed by atoms with van der Waals surface area (Å²) in [6, 6.07) is 0. The molecule has 2 saturated heterocycles. The van der Waals surface area contributed by atoms with E-state index in [1.54, 1.807) is 35.1 Å². The molecular formula is C24H34N2O6S2. The lowest BCUT2D eigenvalue weighted by atomic mass is 10.0. The van der Waals surface area contributed by atoms with E-state index in [0.717, 1.165) is 19.8 Å². The summed E-state index contributed by atoms with van der Waals surface area (Å²) >= 11 is 3.10. The van der Waals surface area contributed by atoms with E-state index in [0.29, 0.717) is 25.7 Å². The van der Waals surface area contributed by atoms with Crippen molar-refractivity contribution in [3.05, 3.63) is 32.2 Å². The number of aliphatic hydroxyl groups is 2. The van der Waals surface area contributed by atoms with Gasteiger partial charge < -0.3 is 29.2 Å². The molecule has 2 aromatic heterocycles. The second-order valence-corrected chi connectivity index (χ2v) is 13.3. The number of rotatable bonds is 2. The lowest BCUT2D eigenvalue weighted by molar-refractivity contribution is -0.166. The van der Waals surface area contributed by atoms with E-state index < -0.39 is 22.8 Å². The van der Waals surface area contributed by atoms with E-state index >= 15 is 0 Å². The van der Waals surface area contributed by atoms with E-state index in [1.807, 2.05) is 41.5 Å². The first-order valence-corrected chi connectivity index (χ1v) is 13.4. The Kier molecular flexibility index (Phi) is 6.01. The molecule has 0 bridgehead atoms. The number of fused-ring (bicyclic) bond motifs is 2. The minimum Gasteiger partial charge on any atom is -0.382 e. The number of aryl methyl sites for hydroxylation is 2. The third-order valence-corrected chi connectivity index (χ3v) is 8.98. The molecular weight excluding hydrogens is 476 g/mol. The second kappa shape index (κ2) is 8.27. The summed E-state index contributed by atoms with van der Waals surface area (Å²) in [6.07, 6.45) is 5.86. The first-order chi connectivity index (χ1) is 15.8. The van der Waals surface area contributed by atoms with Crippen LogP contribution < -0.4 is 0 Å². The molecule has 0 aromatic carbocycles. The molecule has 0 radical (unpaired) electrons. The molecule has 2 aromatic rings. The summed E-state index contributed by atoms with van der Waals surface area (Å²) in [6.45, 7) is 11.7. The third kappa shape index (κ3) is 4.71. The maximum atomic E-state index is 10.6. The van der Waals surface area contributed by atoms with Gasteiger partial charge in [-0.3, -0.25) is 0 Å². The molecule has 6 rings (SSSR count). The van der Waals surface area contributed by atoms with Crippen LogP contribution in [0.4, 0.5) is 0 Å². The van der Waals surface area contributed by atoms with Gasteiger partial charge in [0.2, 0.25) is 0 Å². The Labute approximate surface area is 208 Å². The number of nitrogens with zero attached hydrogens (tertiary/aromatic N) is 2. The van der Waals surface area contributed by atoms with E-state index in [1.165, 1.54) is 0 Å². The number of hydrogen-bond acceptors (Lipinski definition) is 10. The lowest BCUT2D eigenvalue weighted by Gasteiger charge is -2.24. The molecule has 2 aliphatic heterocycles. The zero-order valence-corrected chi connectivity index (χ0v) is 22.2. The maximum Gasteiger partial charge on any atom is 0.163 e. The first kappa shape index (κ1) is 24.7. The largest absolute Gasteiger partial charge is 0.382 e. The van der Waals surface area contributed by atoms with Crippen molar-refractivity contribution in [1.82, 2.24) is 9.97 Å². The van der Waals surface area contributed by atoms with E-state index in [9.17, 15) is 10.2 Å². The van der Waals surface area contributed by atoms with Crippen molar-refractivity contribution >= 4 is 22.7 Å². The molecule has 4 fully saturated rings. The Morgan fingerprint density at radius 3 is 1.21 bits per heavy atom. The van der Waals surface area contributed by atoms with Crippen molar-refractivity contribution in [3.8, 4) is 0 Å². The lowest BCUT2D eigenvalue weighted by Crippen LogP contribution is -2.29.